The Labute approximate surface area is 82.0 Å². The van der Waals surface area contributed by atoms with Gasteiger partial charge in [-0.05, 0) is 26.2 Å². The van der Waals surface area contributed by atoms with Gasteiger partial charge in [0.1, 0.15) is 0 Å². The molecule has 0 atom stereocenters. The summed E-state index contributed by atoms with van der Waals surface area (Å²) in [6.45, 7) is 11.6. The van der Waals surface area contributed by atoms with E-state index in [0.717, 1.165) is 0 Å². The van der Waals surface area contributed by atoms with E-state index in [2.05, 4.69) is 4.72 Å². The topological polar surface area (TPSA) is 46.2 Å². The van der Waals surface area contributed by atoms with Gasteiger partial charge in [0, 0.05) is 6.54 Å². The standard InChI is InChI=1S/C9H21NO2S/c1-8(2,3)7-10-13(11,12)9(4,5)6/h10H,7H2,1-6H3. The molecular weight excluding hydrogens is 186 g/mol. The highest BCUT2D eigenvalue weighted by Crippen LogP contribution is 2.16. The average Bonchev–Trinajstić information content (AvgIpc) is 1.79. The van der Waals surface area contributed by atoms with Gasteiger partial charge in [0.15, 0.2) is 0 Å². The van der Waals surface area contributed by atoms with Gasteiger partial charge >= 0.3 is 0 Å². The Hall–Kier alpha value is -0.0900. The molecular formula is C9H21NO2S. The first-order valence-electron chi connectivity index (χ1n) is 4.45. The van der Waals surface area contributed by atoms with E-state index in [0.29, 0.717) is 6.54 Å². The maximum atomic E-state index is 11.6. The first-order valence-corrected chi connectivity index (χ1v) is 5.93. The Kier molecular flexibility index (Phi) is 3.55. The molecule has 0 bridgehead atoms. The minimum atomic E-state index is -3.18. The molecule has 3 nitrogen and oxygen atoms in total. The summed E-state index contributed by atoms with van der Waals surface area (Å²) in [4.78, 5) is 0. The highest BCUT2D eigenvalue weighted by molar-refractivity contribution is 7.90. The Morgan fingerprint density at radius 3 is 1.62 bits per heavy atom. The van der Waals surface area contributed by atoms with Gasteiger partial charge in [0.25, 0.3) is 0 Å². The molecule has 13 heavy (non-hydrogen) atoms. The van der Waals surface area contributed by atoms with Crippen molar-refractivity contribution in [3.63, 3.8) is 0 Å². The van der Waals surface area contributed by atoms with Crippen LogP contribution in [-0.4, -0.2) is 19.7 Å². The first kappa shape index (κ1) is 12.9. The molecule has 0 aromatic heterocycles. The highest BCUT2D eigenvalue weighted by atomic mass is 32.2. The molecule has 0 rings (SSSR count). The fourth-order valence-corrected chi connectivity index (χ4v) is 1.58. The third-order valence-electron chi connectivity index (χ3n) is 1.60. The molecule has 0 fully saturated rings. The fourth-order valence-electron chi connectivity index (χ4n) is 0.528. The number of hydrogen-bond donors (Lipinski definition) is 1. The summed E-state index contributed by atoms with van der Waals surface area (Å²) in [5, 5.41) is 0. The van der Waals surface area contributed by atoms with Crippen molar-refractivity contribution >= 4 is 10.0 Å². The largest absolute Gasteiger partial charge is 0.216 e. The summed E-state index contributed by atoms with van der Waals surface area (Å²) in [5.74, 6) is 0. The predicted molar refractivity (Wildman–Crippen MR) is 56.1 cm³/mol. The van der Waals surface area contributed by atoms with Crippen LogP contribution in [0.15, 0.2) is 0 Å². The van der Waals surface area contributed by atoms with Gasteiger partial charge in [-0.25, -0.2) is 13.1 Å². The summed E-state index contributed by atoms with van der Waals surface area (Å²) in [6, 6.07) is 0. The summed E-state index contributed by atoms with van der Waals surface area (Å²) in [7, 11) is -3.18. The number of hydrogen-bond acceptors (Lipinski definition) is 2. The van der Waals surface area contributed by atoms with E-state index in [-0.39, 0.29) is 5.41 Å². The Balaban J connectivity index is 4.40. The predicted octanol–water partition coefficient (Wildman–Crippen LogP) is 1.75. The van der Waals surface area contributed by atoms with Crippen LogP contribution in [0.5, 0.6) is 0 Å². The molecule has 0 saturated carbocycles. The zero-order chi connectivity index (χ0) is 10.9. The van der Waals surface area contributed by atoms with Gasteiger partial charge in [0.05, 0.1) is 4.75 Å². The lowest BCUT2D eigenvalue weighted by atomic mass is 9.98. The molecule has 0 aliphatic heterocycles. The van der Waals surface area contributed by atoms with Crippen LogP contribution in [0.3, 0.4) is 0 Å². The lowest BCUT2D eigenvalue weighted by Gasteiger charge is -2.24. The molecule has 80 valence electrons. The average molecular weight is 207 g/mol. The van der Waals surface area contributed by atoms with Crippen molar-refractivity contribution in [1.29, 1.82) is 0 Å². The second-order valence-electron chi connectivity index (χ2n) is 5.50. The van der Waals surface area contributed by atoms with Crippen molar-refractivity contribution in [2.24, 2.45) is 5.41 Å². The van der Waals surface area contributed by atoms with Gasteiger partial charge in [-0.1, -0.05) is 20.8 Å². The molecule has 0 aliphatic rings. The molecule has 0 heterocycles. The SMILES string of the molecule is CC(C)(C)CNS(=O)(=O)C(C)(C)C. The molecule has 0 aromatic rings. The summed E-state index contributed by atoms with van der Waals surface area (Å²) in [6.07, 6.45) is 0. The van der Waals surface area contributed by atoms with Crippen molar-refractivity contribution in [1.82, 2.24) is 4.72 Å². The molecule has 0 aliphatic carbocycles. The lowest BCUT2D eigenvalue weighted by molar-refractivity contribution is 0.404. The summed E-state index contributed by atoms with van der Waals surface area (Å²) < 4.78 is 25.1. The monoisotopic (exact) mass is 207 g/mol. The third-order valence-corrected chi connectivity index (χ3v) is 3.74. The Morgan fingerprint density at radius 2 is 1.38 bits per heavy atom. The Bertz CT molecular complexity index is 254. The zero-order valence-electron chi connectivity index (χ0n) is 9.43. The maximum absolute atomic E-state index is 11.6. The quantitative estimate of drug-likeness (QED) is 0.750. The van der Waals surface area contributed by atoms with Gasteiger partial charge in [-0.15, -0.1) is 0 Å². The molecule has 1 N–H and O–H groups in total. The van der Waals surface area contributed by atoms with Crippen molar-refractivity contribution in [2.45, 2.75) is 46.3 Å². The lowest BCUT2D eigenvalue weighted by Crippen LogP contribution is -2.42. The van der Waals surface area contributed by atoms with E-state index in [4.69, 9.17) is 0 Å². The van der Waals surface area contributed by atoms with E-state index in [1.54, 1.807) is 20.8 Å². The fraction of sp³-hybridized carbons (Fsp3) is 1.00. The minimum Gasteiger partial charge on any atom is -0.214 e. The second-order valence-corrected chi connectivity index (χ2v) is 8.02. The van der Waals surface area contributed by atoms with E-state index in [9.17, 15) is 8.42 Å². The van der Waals surface area contributed by atoms with E-state index >= 15 is 0 Å². The summed E-state index contributed by atoms with van der Waals surface area (Å²) >= 11 is 0. The van der Waals surface area contributed by atoms with Crippen LogP contribution in [0, 0.1) is 5.41 Å². The van der Waals surface area contributed by atoms with E-state index in [1.165, 1.54) is 0 Å². The minimum absolute atomic E-state index is 0.0156. The normalized spacial score (nSPS) is 14.6. The smallest absolute Gasteiger partial charge is 0.214 e. The van der Waals surface area contributed by atoms with Crippen LogP contribution in [0.4, 0.5) is 0 Å². The van der Waals surface area contributed by atoms with Crippen LogP contribution in [0.25, 0.3) is 0 Å². The van der Waals surface area contributed by atoms with Crippen LogP contribution >= 0.6 is 0 Å². The van der Waals surface area contributed by atoms with E-state index in [1.807, 2.05) is 20.8 Å². The van der Waals surface area contributed by atoms with Crippen molar-refractivity contribution in [2.75, 3.05) is 6.54 Å². The van der Waals surface area contributed by atoms with Gasteiger partial charge in [-0.3, -0.25) is 0 Å². The molecule has 0 aromatic carbocycles. The third kappa shape index (κ3) is 4.62. The molecule has 0 amide bonds. The molecule has 0 unspecified atom stereocenters. The van der Waals surface area contributed by atoms with Crippen LogP contribution < -0.4 is 4.72 Å². The number of rotatable bonds is 2. The van der Waals surface area contributed by atoms with Gasteiger partial charge < -0.3 is 0 Å². The molecule has 0 spiro atoms. The second kappa shape index (κ2) is 3.58. The molecule has 4 heteroatoms. The van der Waals surface area contributed by atoms with Crippen LogP contribution in [0.1, 0.15) is 41.5 Å². The van der Waals surface area contributed by atoms with E-state index < -0.39 is 14.8 Å². The van der Waals surface area contributed by atoms with Crippen LogP contribution in [-0.2, 0) is 10.0 Å². The van der Waals surface area contributed by atoms with Gasteiger partial charge in [0.2, 0.25) is 10.0 Å². The number of nitrogens with one attached hydrogen (secondary N) is 1. The molecule has 0 saturated heterocycles. The Morgan fingerprint density at radius 1 is 1.00 bits per heavy atom. The first-order chi connectivity index (χ1) is 5.46. The van der Waals surface area contributed by atoms with Crippen molar-refractivity contribution in [3.8, 4) is 0 Å². The highest BCUT2D eigenvalue weighted by Gasteiger charge is 2.29. The zero-order valence-corrected chi connectivity index (χ0v) is 10.2. The van der Waals surface area contributed by atoms with Crippen molar-refractivity contribution < 1.29 is 8.42 Å². The molecule has 0 radical (unpaired) electrons. The van der Waals surface area contributed by atoms with Crippen LogP contribution in [0.2, 0.25) is 0 Å². The van der Waals surface area contributed by atoms with Crippen molar-refractivity contribution in [3.05, 3.63) is 0 Å². The van der Waals surface area contributed by atoms with Gasteiger partial charge in [-0.2, -0.15) is 0 Å². The maximum Gasteiger partial charge on any atom is 0.216 e. The number of sulfonamides is 1. The summed E-state index contributed by atoms with van der Waals surface area (Å²) in [5.41, 5.74) is -0.0156.